The van der Waals surface area contributed by atoms with Crippen LogP contribution in [0, 0.1) is 24.0 Å². The predicted molar refractivity (Wildman–Crippen MR) is 103 cm³/mol. The topological polar surface area (TPSA) is 93.8 Å². The van der Waals surface area contributed by atoms with Gasteiger partial charge in [0, 0.05) is 11.1 Å². The van der Waals surface area contributed by atoms with Crippen molar-refractivity contribution in [2.45, 2.75) is 13.8 Å². The zero-order valence-corrected chi connectivity index (χ0v) is 16.3. The summed E-state index contributed by atoms with van der Waals surface area (Å²) in [5.41, 5.74) is 4.10. The molecule has 9 heteroatoms. The van der Waals surface area contributed by atoms with Gasteiger partial charge in [-0.1, -0.05) is 23.7 Å². The second kappa shape index (κ2) is 8.77. The quantitative estimate of drug-likeness (QED) is 0.415. The van der Waals surface area contributed by atoms with Crippen molar-refractivity contribution >= 4 is 45.3 Å². The van der Waals surface area contributed by atoms with Crippen LogP contribution in [0.4, 0.5) is 5.69 Å². The summed E-state index contributed by atoms with van der Waals surface area (Å²) in [6, 6.07) is 7.80. The van der Waals surface area contributed by atoms with Crippen molar-refractivity contribution in [3.8, 4) is 5.75 Å². The van der Waals surface area contributed by atoms with E-state index >= 15 is 0 Å². The van der Waals surface area contributed by atoms with E-state index in [1.807, 2.05) is 13.8 Å². The highest BCUT2D eigenvalue weighted by Gasteiger charge is 2.13. The van der Waals surface area contributed by atoms with Crippen LogP contribution >= 0.6 is 27.5 Å². The van der Waals surface area contributed by atoms with Crippen LogP contribution in [0.1, 0.15) is 16.7 Å². The normalized spacial score (nSPS) is 10.8. The molecule has 136 valence electrons. The Labute approximate surface area is 163 Å². The lowest BCUT2D eigenvalue weighted by molar-refractivity contribution is -0.385. The Kier molecular flexibility index (Phi) is 6.70. The highest BCUT2D eigenvalue weighted by molar-refractivity contribution is 9.10. The Bertz CT molecular complexity index is 887. The van der Waals surface area contributed by atoms with Crippen LogP contribution in [-0.4, -0.2) is 23.7 Å². The van der Waals surface area contributed by atoms with E-state index in [-0.39, 0.29) is 17.9 Å². The van der Waals surface area contributed by atoms with Crippen LogP contribution in [0.5, 0.6) is 5.75 Å². The van der Waals surface area contributed by atoms with Gasteiger partial charge in [-0.3, -0.25) is 14.9 Å². The van der Waals surface area contributed by atoms with Crippen LogP contribution in [0.3, 0.4) is 0 Å². The fourth-order valence-corrected chi connectivity index (χ4v) is 2.81. The number of nitrogens with zero attached hydrogens (tertiary/aromatic N) is 2. The van der Waals surface area contributed by atoms with Gasteiger partial charge >= 0.3 is 0 Å². The monoisotopic (exact) mass is 439 g/mol. The smallest absolute Gasteiger partial charge is 0.278 e. The van der Waals surface area contributed by atoms with E-state index in [0.717, 1.165) is 11.1 Å². The lowest BCUT2D eigenvalue weighted by Gasteiger charge is -2.12. The highest BCUT2D eigenvalue weighted by Crippen LogP contribution is 2.35. The molecule has 2 aromatic rings. The fraction of sp³-hybridized carbons (Fsp3) is 0.176. The molecule has 0 radical (unpaired) electrons. The molecule has 26 heavy (non-hydrogen) atoms. The summed E-state index contributed by atoms with van der Waals surface area (Å²) in [5.74, 6) is -0.0146. The van der Waals surface area contributed by atoms with Gasteiger partial charge in [0.05, 0.1) is 21.2 Å². The minimum Gasteiger partial charge on any atom is -0.483 e. The number of carbonyl (C=O) groups excluding carboxylic acids is 1. The van der Waals surface area contributed by atoms with E-state index in [1.54, 1.807) is 18.2 Å². The first-order valence-electron chi connectivity index (χ1n) is 7.44. The van der Waals surface area contributed by atoms with Crippen LogP contribution < -0.4 is 10.2 Å². The molecule has 0 unspecified atom stereocenters. The van der Waals surface area contributed by atoms with Crippen molar-refractivity contribution in [2.24, 2.45) is 5.10 Å². The molecule has 0 saturated carbocycles. The molecule has 0 fully saturated rings. The number of nitrogens with one attached hydrogen (secondary N) is 1. The van der Waals surface area contributed by atoms with E-state index in [0.29, 0.717) is 15.2 Å². The molecule has 7 nitrogen and oxygen atoms in total. The largest absolute Gasteiger partial charge is 0.483 e. The third-order valence-corrected chi connectivity index (χ3v) is 5.02. The molecule has 0 heterocycles. The number of hydrazone groups is 1. The SMILES string of the molecule is Cc1cc(OCC(=O)N/N=C/c2ccccc2[N+](=O)[O-])c(Br)c(C)c1Cl. The summed E-state index contributed by atoms with van der Waals surface area (Å²) in [7, 11) is 0. The Balaban J connectivity index is 1.98. The zero-order chi connectivity index (χ0) is 19.3. The zero-order valence-electron chi connectivity index (χ0n) is 14.0. The number of ether oxygens (including phenoxy) is 1. The molecule has 0 spiro atoms. The second-order valence-corrected chi connectivity index (χ2v) is 6.51. The minimum atomic E-state index is -0.519. The molecule has 1 N–H and O–H groups in total. The summed E-state index contributed by atoms with van der Waals surface area (Å²) in [6.45, 7) is 3.41. The van der Waals surface area contributed by atoms with Crippen molar-refractivity contribution < 1.29 is 14.5 Å². The van der Waals surface area contributed by atoms with Crippen LogP contribution in [-0.2, 0) is 4.79 Å². The van der Waals surface area contributed by atoms with Crippen molar-refractivity contribution in [2.75, 3.05) is 6.61 Å². The molecule has 2 rings (SSSR count). The Hall–Kier alpha value is -2.45. The van der Waals surface area contributed by atoms with Gasteiger partial charge in [0.15, 0.2) is 6.61 Å². The van der Waals surface area contributed by atoms with E-state index in [9.17, 15) is 14.9 Å². The third kappa shape index (κ3) is 4.80. The summed E-state index contributed by atoms with van der Waals surface area (Å²) in [5, 5.41) is 15.3. The van der Waals surface area contributed by atoms with Crippen LogP contribution in [0.2, 0.25) is 5.02 Å². The Morgan fingerprint density at radius 2 is 2.12 bits per heavy atom. The molecule has 0 aliphatic heterocycles. The first-order valence-corrected chi connectivity index (χ1v) is 8.61. The number of hydrogen-bond donors (Lipinski definition) is 1. The molecule has 0 bridgehead atoms. The number of halogens is 2. The van der Waals surface area contributed by atoms with E-state index < -0.39 is 10.8 Å². The van der Waals surface area contributed by atoms with Gasteiger partial charge in [0.2, 0.25) is 0 Å². The number of hydrogen-bond acceptors (Lipinski definition) is 5. The fourth-order valence-electron chi connectivity index (χ4n) is 2.12. The molecular weight excluding hydrogens is 426 g/mol. The molecule has 0 aliphatic rings. The Morgan fingerprint density at radius 1 is 1.42 bits per heavy atom. The standard InChI is InChI=1S/C17H15BrClN3O4/c1-10-7-14(16(18)11(2)17(10)19)26-9-15(23)21-20-8-12-5-3-4-6-13(12)22(24)25/h3-8H,9H2,1-2H3,(H,21,23)/b20-8+. The van der Waals surface area contributed by atoms with E-state index in [1.165, 1.54) is 18.3 Å². The summed E-state index contributed by atoms with van der Waals surface area (Å²) < 4.78 is 6.15. The average Bonchev–Trinajstić information content (AvgIpc) is 2.62. The van der Waals surface area contributed by atoms with Crippen molar-refractivity contribution in [1.29, 1.82) is 0 Å². The van der Waals surface area contributed by atoms with Gasteiger partial charge in [0.1, 0.15) is 5.75 Å². The first-order chi connectivity index (χ1) is 12.3. The maximum atomic E-state index is 11.8. The third-order valence-electron chi connectivity index (χ3n) is 3.45. The molecule has 0 aromatic heterocycles. The number of rotatable bonds is 6. The molecular formula is C17H15BrClN3O4. The van der Waals surface area contributed by atoms with Gasteiger partial charge < -0.3 is 4.74 Å². The second-order valence-electron chi connectivity index (χ2n) is 5.34. The number of carbonyl (C=O) groups is 1. The van der Waals surface area contributed by atoms with Crippen molar-refractivity contribution in [3.05, 3.63) is 66.6 Å². The van der Waals surface area contributed by atoms with Gasteiger partial charge in [0.25, 0.3) is 11.6 Å². The number of aryl methyl sites for hydroxylation is 1. The van der Waals surface area contributed by atoms with Gasteiger partial charge in [-0.25, -0.2) is 5.43 Å². The number of para-hydroxylation sites is 1. The maximum absolute atomic E-state index is 11.8. The molecule has 1 amide bonds. The minimum absolute atomic E-state index is 0.0993. The van der Waals surface area contributed by atoms with E-state index in [2.05, 4.69) is 26.5 Å². The average molecular weight is 441 g/mol. The van der Waals surface area contributed by atoms with Crippen molar-refractivity contribution in [3.63, 3.8) is 0 Å². The molecule has 0 aliphatic carbocycles. The Morgan fingerprint density at radius 3 is 2.81 bits per heavy atom. The maximum Gasteiger partial charge on any atom is 0.278 e. The lowest BCUT2D eigenvalue weighted by Crippen LogP contribution is -2.24. The number of benzene rings is 2. The van der Waals surface area contributed by atoms with Gasteiger partial charge in [-0.2, -0.15) is 5.10 Å². The molecule has 0 atom stereocenters. The first kappa shape index (κ1) is 19.9. The molecule has 2 aromatic carbocycles. The van der Waals surface area contributed by atoms with Gasteiger partial charge in [-0.15, -0.1) is 0 Å². The summed E-state index contributed by atoms with van der Waals surface area (Å²) >= 11 is 9.53. The van der Waals surface area contributed by atoms with Crippen LogP contribution in [0.25, 0.3) is 0 Å². The van der Waals surface area contributed by atoms with Crippen LogP contribution in [0.15, 0.2) is 39.9 Å². The van der Waals surface area contributed by atoms with E-state index in [4.69, 9.17) is 16.3 Å². The van der Waals surface area contributed by atoms with Crippen molar-refractivity contribution in [1.82, 2.24) is 5.43 Å². The number of nitro benzene ring substituents is 1. The summed E-state index contributed by atoms with van der Waals surface area (Å²) in [6.07, 6.45) is 1.21. The highest BCUT2D eigenvalue weighted by atomic mass is 79.9. The number of nitro groups is 1. The lowest BCUT2D eigenvalue weighted by atomic mass is 10.1. The van der Waals surface area contributed by atoms with Gasteiger partial charge in [-0.05, 0) is 53.0 Å². The number of amides is 1. The summed E-state index contributed by atoms with van der Waals surface area (Å²) in [4.78, 5) is 22.2. The predicted octanol–water partition coefficient (Wildman–Crippen LogP) is 4.16. The molecule has 0 saturated heterocycles.